The van der Waals surface area contributed by atoms with E-state index in [1.165, 1.54) is 20.0 Å². The molecule has 4 heteroatoms. The lowest BCUT2D eigenvalue weighted by molar-refractivity contribution is 0.121. The Morgan fingerprint density at radius 3 is 2.92 bits per heavy atom. The van der Waals surface area contributed by atoms with Crippen molar-refractivity contribution >= 4 is 6.09 Å². The highest BCUT2D eigenvalue weighted by Crippen LogP contribution is 2.28. The Bertz CT molecular complexity index is 157. The summed E-state index contributed by atoms with van der Waals surface area (Å²) in [5, 5.41) is 2.59. The summed E-state index contributed by atoms with van der Waals surface area (Å²) in [5.74, 6) is 0.813. The highest BCUT2D eigenvalue weighted by atomic mass is 16.5. The second-order valence-electron chi connectivity index (χ2n) is 3.29. The zero-order valence-electron chi connectivity index (χ0n) is 8.04. The highest BCUT2D eigenvalue weighted by molar-refractivity contribution is 5.66. The third-order valence-corrected chi connectivity index (χ3v) is 1.97. The highest BCUT2D eigenvalue weighted by Gasteiger charge is 2.20. The number of carbonyl (C=O) groups is 1. The van der Waals surface area contributed by atoms with E-state index >= 15 is 0 Å². The van der Waals surface area contributed by atoms with Gasteiger partial charge in [-0.25, -0.2) is 4.79 Å². The van der Waals surface area contributed by atoms with Crippen LogP contribution >= 0.6 is 0 Å². The molecule has 1 saturated carbocycles. The smallest absolute Gasteiger partial charge is 0.406 e. The first kappa shape index (κ1) is 10.3. The first-order chi connectivity index (χ1) is 6.33. The Kier molecular flexibility index (Phi) is 4.60. The van der Waals surface area contributed by atoms with Gasteiger partial charge in [0.25, 0.3) is 0 Å². The van der Waals surface area contributed by atoms with Gasteiger partial charge < -0.3 is 14.8 Å². The summed E-state index contributed by atoms with van der Waals surface area (Å²) in [6.45, 7) is 2.23. The standard InChI is InChI=1S/C9H17NO3/c1-12-9(11)10-5-2-6-13-7-8-3-4-8/h8H,2-7H2,1H3,(H,10,11). The summed E-state index contributed by atoms with van der Waals surface area (Å²) in [6.07, 6.45) is 3.12. The molecule has 1 N–H and O–H groups in total. The predicted molar refractivity (Wildman–Crippen MR) is 48.6 cm³/mol. The number of carbonyl (C=O) groups excluding carboxylic acids is 1. The molecule has 1 amide bonds. The molecule has 0 saturated heterocycles. The van der Waals surface area contributed by atoms with Crippen molar-refractivity contribution in [2.24, 2.45) is 5.92 Å². The van der Waals surface area contributed by atoms with Gasteiger partial charge in [-0.3, -0.25) is 0 Å². The Morgan fingerprint density at radius 2 is 2.31 bits per heavy atom. The second-order valence-corrected chi connectivity index (χ2v) is 3.29. The van der Waals surface area contributed by atoms with Crippen LogP contribution in [-0.2, 0) is 9.47 Å². The number of methoxy groups -OCH3 is 1. The van der Waals surface area contributed by atoms with Crippen LogP contribution in [0.15, 0.2) is 0 Å². The van der Waals surface area contributed by atoms with Crippen LogP contribution in [0.5, 0.6) is 0 Å². The lowest BCUT2D eigenvalue weighted by atomic mass is 10.4. The fourth-order valence-corrected chi connectivity index (χ4v) is 0.971. The first-order valence-electron chi connectivity index (χ1n) is 4.72. The van der Waals surface area contributed by atoms with Crippen LogP contribution in [-0.4, -0.2) is 33.0 Å². The third-order valence-electron chi connectivity index (χ3n) is 1.97. The van der Waals surface area contributed by atoms with Crippen molar-refractivity contribution in [1.29, 1.82) is 0 Å². The van der Waals surface area contributed by atoms with E-state index in [1.54, 1.807) is 0 Å². The van der Waals surface area contributed by atoms with Crippen LogP contribution in [0.25, 0.3) is 0 Å². The number of rotatable bonds is 6. The van der Waals surface area contributed by atoms with Gasteiger partial charge in [-0.1, -0.05) is 0 Å². The number of alkyl carbamates (subject to hydrolysis) is 1. The molecule has 4 nitrogen and oxygen atoms in total. The average Bonchev–Trinajstić information content (AvgIpc) is 2.94. The molecule has 76 valence electrons. The summed E-state index contributed by atoms with van der Waals surface area (Å²) in [5.41, 5.74) is 0. The molecule has 0 bridgehead atoms. The average molecular weight is 187 g/mol. The molecule has 0 aliphatic heterocycles. The van der Waals surface area contributed by atoms with Crippen LogP contribution in [0.3, 0.4) is 0 Å². The first-order valence-corrected chi connectivity index (χ1v) is 4.72. The Hall–Kier alpha value is -0.770. The minimum absolute atomic E-state index is 0.373. The number of ether oxygens (including phenoxy) is 2. The molecule has 0 aromatic heterocycles. The number of amides is 1. The van der Waals surface area contributed by atoms with Gasteiger partial charge in [0.2, 0.25) is 0 Å². The number of nitrogens with one attached hydrogen (secondary N) is 1. The molecule has 1 fully saturated rings. The number of hydrogen-bond acceptors (Lipinski definition) is 3. The molecule has 0 radical (unpaired) electrons. The van der Waals surface area contributed by atoms with Crippen LogP contribution in [0.2, 0.25) is 0 Å². The summed E-state index contributed by atoms with van der Waals surface area (Å²) < 4.78 is 9.80. The maximum absolute atomic E-state index is 10.6. The van der Waals surface area contributed by atoms with Crippen molar-refractivity contribution in [3.8, 4) is 0 Å². The maximum atomic E-state index is 10.6. The second kappa shape index (κ2) is 5.80. The molecule has 1 aliphatic rings. The summed E-state index contributed by atoms with van der Waals surface area (Å²) in [7, 11) is 1.36. The summed E-state index contributed by atoms with van der Waals surface area (Å²) >= 11 is 0. The van der Waals surface area contributed by atoms with E-state index in [9.17, 15) is 4.79 Å². The van der Waals surface area contributed by atoms with E-state index in [1.807, 2.05) is 0 Å². The fraction of sp³-hybridized carbons (Fsp3) is 0.889. The van der Waals surface area contributed by atoms with Crippen LogP contribution in [0.1, 0.15) is 19.3 Å². The topological polar surface area (TPSA) is 47.6 Å². The predicted octanol–water partition coefficient (Wildman–Crippen LogP) is 1.16. The van der Waals surface area contributed by atoms with Gasteiger partial charge in [0.15, 0.2) is 0 Å². The molecule has 0 heterocycles. The van der Waals surface area contributed by atoms with E-state index in [2.05, 4.69) is 10.1 Å². The minimum Gasteiger partial charge on any atom is -0.453 e. The molecule has 0 aromatic carbocycles. The molecular formula is C9H17NO3. The molecule has 0 unspecified atom stereocenters. The van der Waals surface area contributed by atoms with E-state index < -0.39 is 0 Å². The van der Waals surface area contributed by atoms with Crippen molar-refractivity contribution < 1.29 is 14.3 Å². The molecule has 1 aliphatic carbocycles. The molecule has 0 spiro atoms. The molecule has 0 atom stereocenters. The van der Waals surface area contributed by atoms with Crippen LogP contribution in [0, 0.1) is 5.92 Å². The monoisotopic (exact) mass is 187 g/mol. The van der Waals surface area contributed by atoms with Crippen molar-refractivity contribution in [2.45, 2.75) is 19.3 Å². The molecule has 1 rings (SSSR count). The van der Waals surface area contributed by atoms with Gasteiger partial charge in [-0.2, -0.15) is 0 Å². The van der Waals surface area contributed by atoms with E-state index in [-0.39, 0.29) is 6.09 Å². The quantitative estimate of drug-likeness (QED) is 0.635. The minimum atomic E-state index is -0.373. The van der Waals surface area contributed by atoms with Gasteiger partial charge in [0.05, 0.1) is 7.11 Å². The fourth-order valence-electron chi connectivity index (χ4n) is 0.971. The van der Waals surface area contributed by atoms with Gasteiger partial charge in [-0.05, 0) is 25.2 Å². The van der Waals surface area contributed by atoms with E-state index in [0.717, 1.165) is 25.6 Å². The maximum Gasteiger partial charge on any atom is 0.406 e. The Morgan fingerprint density at radius 1 is 1.54 bits per heavy atom. The Labute approximate surface area is 78.6 Å². The molecular weight excluding hydrogens is 170 g/mol. The normalized spacial score (nSPS) is 15.5. The molecule has 0 aromatic rings. The third kappa shape index (κ3) is 5.47. The lowest BCUT2D eigenvalue weighted by Crippen LogP contribution is -2.24. The van der Waals surface area contributed by atoms with E-state index in [0.29, 0.717) is 6.54 Å². The van der Waals surface area contributed by atoms with Gasteiger partial charge in [-0.15, -0.1) is 0 Å². The summed E-state index contributed by atoms with van der Waals surface area (Å²) in [6, 6.07) is 0. The summed E-state index contributed by atoms with van der Waals surface area (Å²) in [4.78, 5) is 10.6. The van der Waals surface area contributed by atoms with Gasteiger partial charge in [0, 0.05) is 19.8 Å². The van der Waals surface area contributed by atoms with Crippen LogP contribution in [0.4, 0.5) is 4.79 Å². The SMILES string of the molecule is COC(=O)NCCCOCC1CC1. The largest absolute Gasteiger partial charge is 0.453 e. The zero-order chi connectivity index (χ0) is 9.52. The molecule has 13 heavy (non-hydrogen) atoms. The van der Waals surface area contributed by atoms with Crippen molar-refractivity contribution in [2.75, 3.05) is 26.9 Å². The van der Waals surface area contributed by atoms with Crippen LogP contribution < -0.4 is 5.32 Å². The lowest BCUT2D eigenvalue weighted by Gasteiger charge is -2.04. The zero-order valence-corrected chi connectivity index (χ0v) is 8.04. The van der Waals surface area contributed by atoms with E-state index in [4.69, 9.17) is 4.74 Å². The van der Waals surface area contributed by atoms with Crippen molar-refractivity contribution in [3.63, 3.8) is 0 Å². The number of hydrogen-bond donors (Lipinski definition) is 1. The van der Waals surface area contributed by atoms with Gasteiger partial charge in [0.1, 0.15) is 0 Å². The van der Waals surface area contributed by atoms with Gasteiger partial charge >= 0.3 is 6.09 Å². The van der Waals surface area contributed by atoms with Crippen molar-refractivity contribution in [1.82, 2.24) is 5.32 Å². The Balaban J connectivity index is 1.75. The van der Waals surface area contributed by atoms with Crippen molar-refractivity contribution in [3.05, 3.63) is 0 Å².